The van der Waals surface area contributed by atoms with Gasteiger partial charge in [0, 0.05) is 18.0 Å². The molecular weight excluding hydrogens is 410 g/mol. The zero-order valence-corrected chi connectivity index (χ0v) is 18.4. The van der Waals surface area contributed by atoms with E-state index in [4.69, 9.17) is 11.6 Å². The van der Waals surface area contributed by atoms with E-state index in [1.807, 2.05) is 0 Å². The third-order valence-electron chi connectivity index (χ3n) is 4.75. The van der Waals surface area contributed by atoms with Gasteiger partial charge >= 0.3 is 0 Å². The summed E-state index contributed by atoms with van der Waals surface area (Å²) in [5, 5.41) is 17.1. The summed E-state index contributed by atoms with van der Waals surface area (Å²) < 4.78 is 1.29. The second-order valence-corrected chi connectivity index (χ2v) is 12.4. The number of nitrogens with zero attached hydrogens (tertiary/aromatic N) is 2. The molecule has 2 unspecified atom stereocenters. The Morgan fingerprint density at radius 2 is 2.17 bits per heavy atom. The van der Waals surface area contributed by atoms with E-state index in [2.05, 4.69) is 40.2 Å². The largest absolute Gasteiger partial charge is 0.391 e. The van der Waals surface area contributed by atoms with Crippen LogP contribution < -0.4 is 10.9 Å². The quantitative estimate of drug-likeness (QED) is 0.718. The fraction of sp³-hybridized carbons (Fsp3) is 0.476. The number of ketones is 1. The number of halogens is 1. The molecule has 29 heavy (non-hydrogen) atoms. The summed E-state index contributed by atoms with van der Waals surface area (Å²) in [5.74, 6) is 2.95. The van der Waals surface area contributed by atoms with E-state index in [-0.39, 0.29) is 30.3 Å². The van der Waals surface area contributed by atoms with Crippen LogP contribution in [0.15, 0.2) is 23.3 Å². The van der Waals surface area contributed by atoms with Crippen molar-refractivity contribution >= 4 is 38.3 Å². The van der Waals surface area contributed by atoms with E-state index >= 15 is 0 Å². The van der Waals surface area contributed by atoms with Crippen LogP contribution in [0.4, 0.5) is 0 Å². The molecule has 0 aliphatic carbocycles. The van der Waals surface area contributed by atoms with Crippen molar-refractivity contribution in [1.29, 1.82) is 0 Å². The van der Waals surface area contributed by atoms with Crippen molar-refractivity contribution in [1.82, 2.24) is 14.9 Å². The molecule has 0 spiro atoms. The summed E-state index contributed by atoms with van der Waals surface area (Å²) >= 11 is 6.33. The van der Waals surface area contributed by atoms with Gasteiger partial charge in [0.2, 0.25) is 0 Å². The van der Waals surface area contributed by atoms with Crippen LogP contribution in [-0.4, -0.2) is 57.9 Å². The molecule has 156 valence electrons. The van der Waals surface area contributed by atoms with E-state index in [1.165, 1.54) is 10.9 Å². The number of nitrogens with one attached hydrogen (secondary N) is 1. The summed E-state index contributed by atoms with van der Waals surface area (Å²) in [6.07, 6.45) is 8.86. The Bertz CT molecular complexity index is 1050. The number of aromatic nitrogens is 2. The first-order chi connectivity index (χ1) is 13.6. The van der Waals surface area contributed by atoms with Crippen molar-refractivity contribution in [2.45, 2.75) is 38.0 Å². The molecule has 8 heteroatoms. The van der Waals surface area contributed by atoms with Crippen molar-refractivity contribution in [3.63, 3.8) is 0 Å². The third kappa shape index (κ3) is 5.61. The number of benzene rings is 1. The summed E-state index contributed by atoms with van der Waals surface area (Å²) in [6.45, 7) is 0.701. The fourth-order valence-electron chi connectivity index (χ4n) is 3.24. The Balaban J connectivity index is 1.83. The van der Waals surface area contributed by atoms with Crippen LogP contribution in [0.3, 0.4) is 0 Å². The number of aliphatic hydroxyl groups is 1. The maximum atomic E-state index is 12.8. The maximum absolute atomic E-state index is 12.8. The summed E-state index contributed by atoms with van der Waals surface area (Å²) in [5.41, 5.74) is 0.823. The molecule has 1 saturated heterocycles. The number of Topliss-reactive ketones (excluding diaryl/α,β-unsaturated/α-hetero) is 1. The zero-order chi connectivity index (χ0) is 21.2. The first-order valence-electron chi connectivity index (χ1n) is 9.47. The summed E-state index contributed by atoms with van der Waals surface area (Å²) in [4.78, 5) is 29.6. The molecule has 2 atom stereocenters. The van der Waals surface area contributed by atoms with Crippen LogP contribution in [0, 0.1) is 11.2 Å². The van der Waals surface area contributed by atoms with Crippen molar-refractivity contribution in [3.8, 4) is 11.2 Å². The predicted octanol–water partition coefficient (Wildman–Crippen LogP) is 2.12. The molecule has 2 aromatic rings. The molecule has 1 aliphatic heterocycles. The average molecular weight is 436 g/mol. The predicted molar refractivity (Wildman–Crippen MR) is 120 cm³/mol. The van der Waals surface area contributed by atoms with Crippen LogP contribution in [0.2, 0.25) is 5.02 Å². The Hall–Kier alpha value is -1.85. The van der Waals surface area contributed by atoms with Gasteiger partial charge in [-0.15, -0.1) is 0 Å². The van der Waals surface area contributed by atoms with Gasteiger partial charge in [-0.05, 0) is 55.5 Å². The lowest BCUT2D eigenvalue weighted by atomic mass is 9.97. The molecule has 2 N–H and O–H groups in total. The van der Waals surface area contributed by atoms with Crippen LogP contribution in [0.25, 0.3) is 10.9 Å². The van der Waals surface area contributed by atoms with Gasteiger partial charge < -0.3 is 10.4 Å². The Kier molecular flexibility index (Phi) is 6.69. The lowest BCUT2D eigenvalue weighted by Crippen LogP contribution is -2.46. The number of hydrogen-bond donors (Lipinski definition) is 2. The van der Waals surface area contributed by atoms with Gasteiger partial charge in [-0.2, -0.15) is 10.0 Å². The SMILES string of the molecule is CS(C)(C)C#Cc1cc2ncn(CC(=O)CC3NCCCC3O)c(=O)c2cc1Cl. The highest BCUT2D eigenvalue weighted by Crippen LogP contribution is 2.33. The highest BCUT2D eigenvalue weighted by atomic mass is 35.5. The number of carbonyl (C=O) groups excluding carboxylic acids is 1. The number of fused-ring (bicyclic) bond motifs is 1. The van der Waals surface area contributed by atoms with Gasteiger partial charge in [0.05, 0.1) is 34.9 Å². The van der Waals surface area contributed by atoms with Crippen molar-refractivity contribution < 1.29 is 9.90 Å². The van der Waals surface area contributed by atoms with Crippen LogP contribution in [0.1, 0.15) is 24.8 Å². The number of aliphatic hydroxyl groups excluding tert-OH is 1. The van der Waals surface area contributed by atoms with Crippen molar-refractivity contribution in [2.75, 3.05) is 25.3 Å². The van der Waals surface area contributed by atoms with E-state index < -0.39 is 16.1 Å². The number of rotatable bonds is 4. The van der Waals surface area contributed by atoms with E-state index in [0.29, 0.717) is 27.9 Å². The van der Waals surface area contributed by atoms with Crippen LogP contribution in [0.5, 0.6) is 0 Å². The molecule has 1 aromatic carbocycles. The molecule has 0 saturated carbocycles. The lowest BCUT2D eigenvalue weighted by molar-refractivity contribution is -0.121. The standard InChI is InChI=1S/C21H26ClN3O3S/c1-29(2,3)8-6-14-9-18-16(11-17(14)22)21(28)25(13-24-18)12-15(26)10-19-20(27)5-4-7-23-19/h9,11,13,19-20,23,27H,4-5,7,10,12H2,1-3H3. The smallest absolute Gasteiger partial charge is 0.261 e. The van der Waals surface area contributed by atoms with Crippen LogP contribution in [-0.2, 0) is 11.3 Å². The van der Waals surface area contributed by atoms with Gasteiger partial charge in [-0.3, -0.25) is 14.2 Å². The summed E-state index contributed by atoms with van der Waals surface area (Å²) in [6, 6.07) is 3.02. The molecule has 0 radical (unpaired) electrons. The molecule has 3 rings (SSSR count). The van der Waals surface area contributed by atoms with Gasteiger partial charge in [-0.25, -0.2) is 4.98 Å². The minimum atomic E-state index is -1.00. The van der Waals surface area contributed by atoms with Crippen molar-refractivity contribution in [3.05, 3.63) is 39.4 Å². The molecule has 1 aromatic heterocycles. The first-order valence-corrected chi connectivity index (χ1v) is 12.7. The van der Waals surface area contributed by atoms with Gasteiger partial charge in [0.25, 0.3) is 5.56 Å². The topological polar surface area (TPSA) is 84.2 Å². The number of hydrogen-bond acceptors (Lipinski definition) is 5. The first kappa shape index (κ1) is 21.8. The number of carbonyl (C=O) groups is 1. The summed E-state index contributed by atoms with van der Waals surface area (Å²) in [7, 11) is -1.00. The highest BCUT2D eigenvalue weighted by molar-refractivity contribution is 8.35. The Morgan fingerprint density at radius 1 is 1.41 bits per heavy atom. The van der Waals surface area contributed by atoms with Gasteiger partial charge in [0.15, 0.2) is 5.78 Å². The molecule has 0 amide bonds. The van der Waals surface area contributed by atoms with E-state index in [1.54, 1.807) is 12.1 Å². The molecule has 2 heterocycles. The normalized spacial score (nSPS) is 20.2. The van der Waals surface area contributed by atoms with Gasteiger partial charge in [-0.1, -0.05) is 17.5 Å². The minimum absolute atomic E-state index is 0.0841. The van der Waals surface area contributed by atoms with E-state index in [0.717, 1.165) is 13.0 Å². The monoisotopic (exact) mass is 435 g/mol. The molecular formula is C21H26ClN3O3S. The second-order valence-electron chi connectivity index (χ2n) is 8.10. The van der Waals surface area contributed by atoms with Crippen LogP contribution >= 0.6 is 21.6 Å². The Labute approximate surface area is 177 Å². The highest BCUT2D eigenvalue weighted by Gasteiger charge is 2.25. The number of piperidine rings is 1. The second kappa shape index (κ2) is 8.88. The van der Waals surface area contributed by atoms with E-state index in [9.17, 15) is 14.7 Å². The van der Waals surface area contributed by atoms with Gasteiger partial charge in [0.1, 0.15) is 0 Å². The molecule has 0 bridgehead atoms. The molecule has 6 nitrogen and oxygen atoms in total. The fourth-order valence-corrected chi connectivity index (χ4v) is 3.87. The zero-order valence-electron chi connectivity index (χ0n) is 16.9. The lowest BCUT2D eigenvalue weighted by Gasteiger charge is -2.28. The minimum Gasteiger partial charge on any atom is -0.391 e. The molecule has 1 fully saturated rings. The maximum Gasteiger partial charge on any atom is 0.261 e. The molecule has 1 aliphatic rings. The van der Waals surface area contributed by atoms with Crippen molar-refractivity contribution in [2.24, 2.45) is 0 Å². The average Bonchev–Trinajstić information content (AvgIpc) is 2.64. The third-order valence-corrected chi connectivity index (χ3v) is 5.77. The Morgan fingerprint density at radius 3 is 2.86 bits per heavy atom.